The average Bonchev–Trinajstić information content (AvgIpc) is 2.98. The van der Waals surface area contributed by atoms with Gasteiger partial charge in [0.2, 0.25) is 0 Å². The van der Waals surface area contributed by atoms with Crippen LogP contribution in [0.25, 0.3) is 22.1 Å². The van der Waals surface area contributed by atoms with Gasteiger partial charge in [-0.3, -0.25) is 19.6 Å². The Bertz CT molecular complexity index is 1750. The molecule has 1 amide bonds. The van der Waals surface area contributed by atoms with Gasteiger partial charge >= 0.3 is 6.09 Å². The molecule has 12 nitrogen and oxygen atoms in total. The molecular formula is C31H38F2N6O6. The number of nitrogens with one attached hydrogen (secondary N) is 1. The lowest BCUT2D eigenvalue weighted by Crippen LogP contribution is -2.46. The minimum atomic E-state index is -1.12. The number of aliphatic hydroxyl groups excluding tert-OH is 1. The van der Waals surface area contributed by atoms with Crippen LogP contribution >= 0.6 is 0 Å². The SMILES string of the molecule is CC(C)(C)OC(=O)NC1CCN(CCn2c(=O)ccc3ncc(F)cc32)CC1.COC(O)Cn1c(=O)ccc2ncc(F)cc21. The van der Waals surface area contributed by atoms with Crippen molar-refractivity contribution in [3.8, 4) is 0 Å². The summed E-state index contributed by atoms with van der Waals surface area (Å²) in [4.78, 5) is 45.9. The van der Waals surface area contributed by atoms with Crippen LogP contribution in [0.5, 0.6) is 0 Å². The standard InChI is InChI=1S/C20H27FN4O3.C11H11FN2O3/c1-20(2,3)28-19(27)23-15-6-8-24(9-7-15)10-11-25-17-12-14(21)13-22-16(17)4-5-18(25)26;1-17-11(16)6-14-9-4-7(12)5-13-8(9)2-3-10(14)15/h4-5,12-13,15H,6-11H2,1-3H3,(H,23,27);2-5,11,16H,6H2,1H3. The number of halogens is 2. The lowest BCUT2D eigenvalue weighted by molar-refractivity contribution is -0.0832. The zero-order chi connectivity index (χ0) is 32.7. The first kappa shape index (κ1) is 33.6. The third-order valence-corrected chi connectivity index (χ3v) is 7.17. The molecule has 45 heavy (non-hydrogen) atoms. The molecule has 1 unspecified atom stereocenters. The number of aliphatic hydroxyl groups is 1. The molecule has 0 aromatic carbocycles. The van der Waals surface area contributed by atoms with E-state index in [2.05, 4.69) is 24.9 Å². The summed E-state index contributed by atoms with van der Waals surface area (Å²) >= 11 is 0. The Hall–Kier alpha value is -4.27. The van der Waals surface area contributed by atoms with E-state index in [-0.39, 0.29) is 29.8 Å². The first-order chi connectivity index (χ1) is 21.3. The van der Waals surface area contributed by atoms with Gasteiger partial charge in [-0.2, -0.15) is 0 Å². The first-order valence-electron chi connectivity index (χ1n) is 14.6. The second-order valence-corrected chi connectivity index (χ2v) is 11.7. The van der Waals surface area contributed by atoms with E-state index in [4.69, 9.17) is 4.74 Å². The Morgan fingerprint density at radius 1 is 0.956 bits per heavy atom. The molecule has 0 bridgehead atoms. The van der Waals surface area contributed by atoms with E-state index in [1.807, 2.05) is 20.8 Å². The number of hydrogen-bond acceptors (Lipinski definition) is 9. The molecule has 4 aromatic heterocycles. The summed E-state index contributed by atoms with van der Waals surface area (Å²) in [6.07, 6.45) is 2.35. The van der Waals surface area contributed by atoms with Gasteiger partial charge in [-0.1, -0.05) is 0 Å². The highest BCUT2D eigenvalue weighted by Gasteiger charge is 2.23. The van der Waals surface area contributed by atoms with E-state index >= 15 is 0 Å². The van der Waals surface area contributed by atoms with E-state index in [0.717, 1.165) is 38.3 Å². The van der Waals surface area contributed by atoms with Gasteiger partial charge in [-0.15, -0.1) is 0 Å². The van der Waals surface area contributed by atoms with Crippen molar-refractivity contribution in [3.05, 3.63) is 81.1 Å². The predicted octanol–water partition coefficient (Wildman–Crippen LogP) is 3.03. The highest BCUT2D eigenvalue weighted by Crippen LogP contribution is 2.15. The third kappa shape index (κ3) is 9.36. The normalized spacial score (nSPS) is 15.0. The molecule has 5 heterocycles. The first-order valence-corrected chi connectivity index (χ1v) is 14.6. The smallest absolute Gasteiger partial charge is 0.407 e. The van der Waals surface area contributed by atoms with Crippen molar-refractivity contribution >= 4 is 28.2 Å². The number of likely N-dealkylation sites (tertiary alicyclic amines) is 1. The van der Waals surface area contributed by atoms with Crippen LogP contribution in [-0.4, -0.2) is 79.9 Å². The van der Waals surface area contributed by atoms with E-state index in [0.29, 0.717) is 35.2 Å². The minimum absolute atomic E-state index is 0.0716. The van der Waals surface area contributed by atoms with Gasteiger partial charge in [0.1, 0.15) is 17.2 Å². The highest BCUT2D eigenvalue weighted by atomic mass is 19.1. The Kier molecular flexibility index (Phi) is 11.0. The fourth-order valence-electron chi connectivity index (χ4n) is 4.95. The predicted molar refractivity (Wildman–Crippen MR) is 164 cm³/mol. The van der Waals surface area contributed by atoms with Crippen LogP contribution < -0.4 is 16.4 Å². The van der Waals surface area contributed by atoms with Crippen LogP contribution in [0.4, 0.5) is 13.6 Å². The van der Waals surface area contributed by atoms with Gasteiger partial charge in [0.05, 0.1) is 41.0 Å². The molecular weight excluding hydrogens is 590 g/mol. The number of aromatic nitrogens is 4. The molecule has 1 fully saturated rings. The molecule has 1 atom stereocenters. The van der Waals surface area contributed by atoms with E-state index in [1.54, 1.807) is 10.6 Å². The summed E-state index contributed by atoms with van der Waals surface area (Å²) in [5.41, 5.74) is 0.894. The zero-order valence-electron chi connectivity index (χ0n) is 25.7. The number of methoxy groups -OCH3 is 1. The maximum absolute atomic E-state index is 13.6. The number of hydrogen-bond donors (Lipinski definition) is 2. The average molecular weight is 629 g/mol. The number of fused-ring (bicyclic) bond motifs is 2. The Labute approximate surface area is 258 Å². The van der Waals surface area contributed by atoms with E-state index < -0.39 is 23.5 Å². The Balaban J connectivity index is 0.000000231. The van der Waals surface area contributed by atoms with Crippen LogP contribution in [0.1, 0.15) is 33.6 Å². The topological polar surface area (TPSA) is 141 Å². The fraction of sp³-hybridized carbons (Fsp3) is 0.452. The van der Waals surface area contributed by atoms with Gasteiger partial charge in [-0.05, 0) is 45.7 Å². The number of rotatable bonds is 7. The summed E-state index contributed by atoms with van der Waals surface area (Å²) in [6, 6.07) is 8.53. The lowest BCUT2D eigenvalue weighted by Gasteiger charge is -2.33. The molecule has 14 heteroatoms. The van der Waals surface area contributed by atoms with E-state index in [1.165, 1.54) is 42.0 Å². The van der Waals surface area contributed by atoms with Crippen molar-refractivity contribution in [3.63, 3.8) is 0 Å². The molecule has 2 N–H and O–H groups in total. The summed E-state index contributed by atoms with van der Waals surface area (Å²) in [7, 11) is 1.32. The fourth-order valence-corrected chi connectivity index (χ4v) is 4.95. The number of nitrogens with zero attached hydrogens (tertiary/aromatic N) is 5. The van der Waals surface area contributed by atoms with Crippen LogP contribution in [0.15, 0.2) is 58.4 Å². The van der Waals surface area contributed by atoms with Crippen LogP contribution in [0.2, 0.25) is 0 Å². The summed E-state index contributed by atoms with van der Waals surface area (Å²) < 4.78 is 39.4. The number of carbonyl (C=O) groups is 1. The van der Waals surface area contributed by atoms with Crippen molar-refractivity contribution in [1.29, 1.82) is 0 Å². The second kappa shape index (κ2) is 14.7. The van der Waals surface area contributed by atoms with Gasteiger partial charge in [0.15, 0.2) is 6.29 Å². The molecule has 1 aliphatic heterocycles. The molecule has 0 saturated carbocycles. The largest absolute Gasteiger partial charge is 0.444 e. The van der Waals surface area contributed by atoms with Crippen LogP contribution in [0, 0.1) is 11.6 Å². The summed E-state index contributed by atoms with van der Waals surface area (Å²) in [6.45, 7) is 8.21. The minimum Gasteiger partial charge on any atom is -0.444 e. The molecule has 0 spiro atoms. The maximum atomic E-state index is 13.6. The summed E-state index contributed by atoms with van der Waals surface area (Å²) in [5.74, 6) is -0.996. The van der Waals surface area contributed by atoms with Gasteiger partial charge < -0.3 is 33.9 Å². The molecule has 1 aliphatic rings. The van der Waals surface area contributed by atoms with Crippen molar-refractivity contribution in [2.45, 2.75) is 64.6 Å². The number of piperidine rings is 1. The van der Waals surface area contributed by atoms with Gasteiger partial charge in [0, 0.05) is 63.6 Å². The van der Waals surface area contributed by atoms with E-state index in [9.17, 15) is 28.3 Å². The van der Waals surface area contributed by atoms with Crippen molar-refractivity contribution in [2.75, 3.05) is 26.7 Å². The number of alkyl carbamates (subject to hydrolysis) is 1. The van der Waals surface area contributed by atoms with Crippen molar-refractivity contribution in [1.82, 2.24) is 29.3 Å². The highest BCUT2D eigenvalue weighted by molar-refractivity contribution is 5.74. The molecule has 1 saturated heterocycles. The Morgan fingerprint density at radius 2 is 1.49 bits per heavy atom. The monoisotopic (exact) mass is 628 g/mol. The van der Waals surface area contributed by atoms with Gasteiger partial charge in [-0.25, -0.2) is 13.6 Å². The molecule has 0 aliphatic carbocycles. The zero-order valence-corrected chi connectivity index (χ0v) is 25.7. The number of pyridine rings is 4. The number of amides is 1. The van der Waals surface area contributed by atoms with Crippen LogP contribution in [0.3, 0.4) is 0 Å². The van der Waals surface area contributed by atoms with Crippen molar-refractivity contribution < 1.29 is 28.2 Å². The quantitative estimate of drug-likeness (QED) is 0.296. The number of carbonyl (C=O) groups excluding carboxylic acids is 1. The van der Waals surface area contributed by atoms with Crippen LogP contribution in [-0.2, 0) is 22.6 Å². The third-order valence-electron chi connectivity index (χ3n) is 7.17. The number of ether oxygens (including phenoxy) is 2. The second-order valence-electron chi connectivity index (χ2n) is 11.7. The van der Waals surface area contributed by atoms with Gasteiger partial charge in [0.25, 0.3) is 11.1 Å². The summed E-state index contributed by atoms with van der Waals surface area (Å²) in [5, 5.41) is 12.3. The molecule has 242 valence electrons. The van der Waals surface area contributed by atoms with Crippen molar-refractivity contribution in [2.24, 2.45) is 0 Å². The Morgan fingerprint density at radius 3 is 2.02 bits per heavy atom. The molecule has 0 radical (unpaired) electrons. The lowest BCUT2D eigenvalue weighted by atomic mass is 10.1. The molecule has 5 rings (SSSR count). The molecule has 4 aromatic rings. The maximum Gasteiger partial charge on any atom is 0.407 e.